The van der Waals surface area contributed by atoms with E-state index in [0.717, 1.165) is 20.6 Å². The minimum absolute atomic E-state index is 0.0672. The molecule has 0 fully saturated rings. The van der Waals surface area contributed by atoms with E-state index in [1.165, 1.54) is 17.7 Å². The zero-order chi connectivity index (χ0) is 23.3. The third kappa shape index (κ3) is 6.67. The van der Waals surface area contributed by atoms with Gasteiger partial charge in [0.1, 0.15) is 22.7 Å². The van der Waals surface area contributed by atoms with Gasteiger partial charge >= 0.3 is 6.09 Å². The molecule has 0 aliphatic rings. The third-order valence-electron chi connectivity index (χ3n) is 4.27. The Labute approximate surface area is 200 Å². The summed E-state index contributed by atoms with van der Waals surface area (Å²) in [5.74, 6) is 1.29. The van der Waals surface area contributed by atoms with Gasteiger partial charge in [-0.05, 0) is 52.3 Å². The van der Waals surface area contributed by atoms with Crippen molar-refractivity contribution >= 4 is 44.2 Å². The Balaban J connectivity index is 1.80. The maximum absolute atomic E-state index is 12.2. The molecule has 1 aromatic carbocycles. The van der Waals surface area contributed by atoms with Crippen molar-refractivity contribution in [3.05, 3.63) is 52.8 Å². The fraction of sp³-hybridized carbons (Fsp3) is 0.348. The molecule has 7 nitrogen and oxygen atoms in total. The van der Waals surface area contributed by atoms with Crippen molar-refractivity contribution in [1.82, 2.24) is 9.97 Å². The molecule has 3 aromatic rings. The van der Waals surface area contributed by atoms with Gasteiger partial charge in [0, 0.05) is 22.6 Å². The van der Waals surface area contributed by atoms with Crippen LogP contribution in [0.3, 0.4) is 0 Å². The van der Waals surface area contributed by atoms with Crippen molar-refractivity contribution in [2.24, 2.45) is 0 Å². The molecule has 1 atom stereocenters. The van der Waals surface area contributed by atoms with Crippen LogP contribution < -0.4 is 15.4 Å². The average molecular weight is 519 g/mol. The van der Waals surface area contributed by atoms with Crippen molar-refractivity contribution in [2.45, 2.75) is 46.3 Å². The molecule has 0 bridgehead atoms. The summed E-state index contributed by atoms with van der Waals surface area (Å²) in [7, 11) is 0. The van der Waals surface area contributed by atoms with Crippen molar-refractivity contribution in [2.75, 3.05) is 17.2 Å². The van der Waals surface area contributed by atoms with Gasteiger partial charge in [-0.15, -0.1) is 11.3 Å². The summed E-state index contributed by atoms with van der Waals surface area (Å²) in [6, 6.07) is 12.0. The van der Waals surface area contributed by atoms with Crippen LogP contribution in [0.4, 0.5) is 15.6 Å². The molecule has 2 heterocycles. The fourth-order valence-electron chi connectivity index (χ4n) is 2.87. The van der Waals surface area contributed by atoms with Crippen molar-refractivity contribution in [3.8, 4) is 16.3 Å². The first kappa shape index (κ1) is 24.0. The van der Waals surface area contributed by atoms with E-state index >= 15 is 0 Å². The molecule has 3 rings (SSSR count). The van der Waals surface area contributed by atoms with E-state index < -0.39 is 11.7 Å². The second-order valence-corrected chi connectivity index (χ2v) is 10.0. The lowest BCUT2D eigenvalue weighted by molar-refractivity contribution is 0.0636. The van der Waals surface area contributed by atoms with Gasteiger partial charge in [-0.3, -0.25) is 5.32 Å². The minimum atomic E-state index is -0.589. The number of benzene rings is 1. The highest BCUT2D eigenvalue weighted by Crippen LogP contribution is 2.40. The number of aromatic nitrogens is 2. The lowest BCUT2D eigenvalue weighted by Gasteiger charge is -2.19. The standard InChI is InChI=1S/C23H27BrN4O3S/c1-6-30-18-12-19(32-21(18)28-22(29)31-23(3,4)5)17-11-20(26-13-25-17)27-14(2)15-7-9-16(24)10-8-15/h7-14H,6H2,1-5H3,(H,28,29)(H,25,26,27). The van der Waals surface area contributed by atoms with E-state index in [1.54, 1.807) is 0 Å². The van der Waals surface area contributed by atoms with E-state index in [4.69, 9.17) is 9.47 Å². The highest BCUT2D eigenvalue weighted by Gasteiger charge is 2.20. The van der Waals surface area contributed by atoms with Crippen LogP contribution in [0.5, 0.6) is 5.75 Å². The topological polar surface area (TPSA) is 85.4 Å². The van der Waals surface area contributed by atoms with Crippen LogP contribution in [0.1, 0.15) is 46.2 Å². The van der Waals surface area contributed by atoms with E-state index in [9.17, 15) is 4.79 Å². The second kappa shape index (κ2) is 10.3. The summed E-state index contributed by atoms with van der Waals surface area (Å²) in [5.41, 5.74) is 1.29. The van der Waals surface area contributed by atoms with Crippen LogP contribution in [0, 0.1) is 0 Å². The molecule has 0 spiro atoms. The van der Waals surface area contributed by atoms with Crippen molar-refractivity contribution in [3.63, 3.8) is 0 Å². The van der Waals surface area contributed by atoms with Gasteiger partial charge in [0.25, 0.3) is 0 Å². The van der Waals surface area contributed by atoms with Crippen LogP contribution in [-0.2, 0) is 4.74 Å². The highest BCUT2D eigenvalue weighted by atomic mass is 79.9. The van der Waals surface area contributed by atoms with Crippen LogP contribution in [0.2, 0.25) is 0 Å². The second-order valence-electron chi connectivity index (χ2n) is 8.07. The van der Waals surface area contributed by atoms with Gasteiger partial charge in [-0.2, -0.15) is 0 Å². The minimum Gasteiger partial charge on any atom is -0.491 e. The van der Waals surface area contributed by atoms with Crippen LogP contribution in [0.25, 0.3) is 10.6 Å². The van der Waals surface area contributed by atoms with Gasteiger partial charge in [0.15, 0.2) is 5.75 Å². The Morgan fingerprint density at radius 3 is 2.56 bits per heavy atom. The molecule has 1 unspecified atom stereocenters. The van der Waals surface area contributed by atoms with Gasteiger partial charge in [-0.1, -0.05) is 28.1 Å². The van der Waals surface area contributed by atoms with Gasteiger partial charge < -0.3 is 14.8 Å². The lowest BCUT2D eigenvalue weighted by atomic mass is 10.1. The molecule has 2 N–H and O–H groups in total. The molecule has 0 aliphatic heterocycles. The van der Waals surface area contributed by atoms with Crippen molar-refractivity contribution in [1.29, 1.82) is 0 Å². The Kier molecular flexibility index (Phi) is 7.73. The first-order valence-corrected chi connectivity index (χ1v) is 11.9. The smallest absolute Gasteiger partial charge is 0.412 e. The SMILES string of the molecule is CCOc1cc(-c2cc(NC(C)c3ccc(Br)cc3)ncn2)sc1NC(=O)OC(C)(C)C. The average Bonchev–Trinajstić information content (AvgIpc) is 3.10. The number of amides is 1. The Morgan fingerprint density at radius 2 is 1.91 bits per heavy atom. The van der Waals surface area contributed by atoms with E-state index in [2.05, 4.69) is 55.6 Å². The number of anilines is 2. The number of carbonyl (C=O) groups excluding carboxylic acids is 1. The quantitative estimate of drug-likeness (QED) is 0.354. The zero-order valence-electron chi connectivity index (χ0n) is 18.7. The van der Waals surface area contributed by atoms with E-state index in [1.807, 2.05) is 52.0 Å². The van der Waals surface area contributed by atoms with Gasteiger partial charge in [-0.25, -0.2) is 14.8 Å². The van der Waals surface area contributed by atoms with Crippen LogP contribution >= 0.6 is 27.3 Å². The molecule has 2 aromatic heterocycles. The maximum Gasteiger partial charge on any atom is 0.412 e. The monoisotopic (exact) mass is 518 g/mol. The molecule has 0 aliphatic carbocycles. The van der Waals surface area contributed by atoms with Crippen LogP contribution in [-0.4, -0.2) is 28.3 Å². The predicted octanol–water partition coefficient (Wildman–Crippen LogP) is 6.89. The van der Waals surface area contributed by atoms with Gasteiger partial charge in [0.05, 0.1) is 17.2 Å². The zero-order valence-corrected chi connectivity index (χ0v) is 21.1. The molecule has 0 saturated heterocycles. The summed E-state index contributed by atoms with van der Waals surface area (Å²) in [4.78, 5) is 21.9. The fourth-order valence-corrected chi connectivity index (χ4v) is 4.09. The highest BCUT2D eigenvalue weighted by molar-refractivity contribution is 9.10. The van der Waals surface area contributed by atoms with E-state index in [-0.39, 0.29) is 6.04 Å². The molecule has 32 heavy (non-hydrogen) atoms. The summed E-state index contributed by atoms with van der Waals surface area (Å²) >= 11 is 4.83. The lowest BCUT2D eigenvalue weighted by Crippen LogP contribution is -2.27. The predicted molar refractivity (Wildman–Crippen MR) is 133 cm³/mol. The summed E-state index contributed by atoms with van der Waals surface area (Å²) < 4.78 is 12.1. The number of carbonyl (C=O) groups is 1. The molecule has 9 heteroatoms. The van der Waals surface area contributed by atoms with Gasteiger partial charge in [0.2, 0.25) is 0 Å². The first-order chi connectivity index (χ1) is 15.1. The molecule has 0 radical (unpaired) electrons. The maximum atomic E-state index is 12.2. The molecular formula is C23H27BrN4O3S. The number of thiophene rings is 1. The normalized spacial score (nSPS) is 12.2. The number of rotatable bonds is 7. The Hall–Kier alpha value is -2.65. The molecule has 170 valence electrons. The number of nitrogens with one attached hydrogen (secondary N) is 2. The number of ether oxygens (including phenoxy) is 2. The largest absolute Gasteiger partial charge is 0.491 e. The first-order valence-electron chi connectivity index (χ1n) is 10.3. The summed E-state index contributed by atoms with van der Waals surface area (Å²) in [6.07, 6.45) is 0.993. The summed E-state index contributed by atoms with van der Waals surface area (Å²) in [5, 5.41) is 6.77. The third-order valence-corrected chi connectivity index (χ3v) is 5.85. The van der Waals surface area contributed by atoms with E-state index in [0.29, 0.717) is 23.2 Å². The number of nitrogens with zero attached hydrogens (tertiary/aromatic N) is 2. The molecule has 0 saturated carbocycles. The number of hydrogen-bond acceptors (Lipinski definition) is 7. The van der Waals surface area contributed by atoms with Crippen LogP contribution in [0.15, 0.2) is 47.2 Å². The molecule has 1 amide bonds. The van der Waals surface area contributed by atoms with Crippen molar-refractivity contribution < 1.29 is 14.3 Å². The number of hydrogen-bond donors (Lipinski definition) is 2. The Bertz CT molecular complexity index is 1060. The summed E-state index contributed by atoms with van der Waals surface area (Å²) in [6.45, 7) is 9.90. The molecular weight excluding hydrogens is 492 g/mol. The Morgan fingerprint density at radius 1 is 1.19 bits per heavy atom. The number of halogens is 1.